The van der Waals surface area contributed by atoms with Gasteiger partial charge in [0.25, 0.3) is 0 Å². The SMILES string of the molecule is COc1ccc(C2=NO[C@H](CCC(=O)OC(C)(C)C)C2)cc1OC. The standard InChI is InChI=1S/C18H25NO5/c1-18(2,3)23-17(20)9-7-13-11-14(19-24-13)12-6-8-15(21-4)16(10-12)22-5/h6,8,10,13H,7,9,11H2,1-5H3/t13-/m1/s1. The van der Waals surface area contributed by atoms with Gasteiger partial charge < -0.3 is 19.0 Å². The second kappa shape index (κ2) is 7.55. The molecule has 0 spiro atoms. The maximum atomic E-state index is 11.8. The van der Waals surface area contributed by atoms with Crippen molar-refractivity contribution in [1.82, 2.24) is 0 Å². The number of esters is 1. The van der Waals surface area contributed by atoms with E-state index in [-0.39, 0.29) is 12.1 Å². The molecule has 0 fully saturated rings. The van der Waals surface area contributed by atoms with Gasteiger partial charge in [0, 0.05) is 18.4 Å². The Labute approximate surface area is 142 Å². The average Bonchev–Trinajstić information content (AvgIpc) is 2.99. The largest absolute Gasteiger partial charge is 0.493 e. The van der Waals surface area contributed by atoms with Gasteiger partial charge in [0.2, 0.25) is 0 Å². The maximum Gasteiger partial charge on any atom is 0.306 e. The molecule has 1 aliphatic heterocycles. The molecule has 6 nitrogen and oxygen atoms in total. The number of carbonyl (C=O) groups excluding carboxylic acids is 1. The van der Waals surface area contributed by atoms with Crippen molar-refractivity contribution in [3.05, 3.63) is 23.8 Å². The number of carbonyl (C=O) groups is 1. The highest BCUT2D eigenvalue weighted by atomic mass is 16.6. The number of hydrogen-bond donors (Lipinski definition) is 0. The van der Waals surface area contributed by atoms with Crippen LogP contribution in [0.5, 0.6) is 11.5 Å². The van der Waals surface area contributed by atoms with Gasteiger partial charge in [0.05, 0.1) is 19.9 Å². The minimum Gasteiger partial charge on any atom is -0.493 e. The molecule has 0 bridgehead atoms. The molecule has 1 aromatic rings. The van der Waals surface area contributed by atoms with Crippen LogP contribution in [-0.4, -0.2) is 37.6 Å². The first-order valence-corrected chi connectivity index (χ1v) is 7.99. The van der Waals surface area contributed by atoms with Crippen LogP contribution >= 0.6 is 0 Å². The van der Waals surface area contributed by atoms with E-state index in [0.717, 1.165) is 11.3 Å². The maximum absolute atomic E-state index is 11.8. The third-order valence-electron chi connectivity index (χ3n) is 3.54. The fourth-order valence-corrected chi connectivity index (χ4v) is 2.44. The van der Waals surface area contributed by atoms with Crippen LogP contribution in [0.4, 0.5) is 0 Å². The summed E-state index contributed by atoms with van der Waals surface area (Å²) in [6.45, 7) is 5.57. The van der Waals surface area contributed by atoms with E-state index in [2.05, 4.69) is 5.16 Å². The fraction of sp³-hybridized carbons (Fsp3) is 0.556. The third-order valence-corrected chi connectivity index (χ3v) is 3.54. The van der Waals surface area contributed by atoms with E-state index >= 15 is 0 Å². The molecule has 132 valence electrons. The fourth-order valence-electron chi connectivity index (χ4n) is 2.44. The van der Waals surface area contributed by atoms with E-state index in [4.69, 9.17) is 19.0 Å². The predicted molar refractivity (Wildman–Crippen MR) is 90.7 cm³/mol. The molecule has 24 heavy (non-hydrogen) atoms. The zero-order valence-corrected chi connectivity index (χ0v) is 14.9. The van der Waals surface area contributed by atoms with E-state index in [0.29, 0.717) is 30.8 Å². The summed E-state index contributed by atoms with van der Waals surface area (Å²) in [5, 5.41) is 4.14. The molecule has 1 atom stereocenters. The molecule has 0 saturated heterocycles. The average molecular weight is 335 g/mol. The van der Waals surface area contributed by atoms with Crippen molar-refractivity contribution in [2.24, 2.45) is 5.16 Å². The van der Waals surface area contributed by atoms with Gasteiger partial charge >= 0.3 is 5.97 Å². The summed E-state index contributed by atoms with van der Waals surface area (Å²) in [5.41, 5.74) is 1.30. The van der Waals surface area contributed by atoms with Crippen LogP contribution in [0.3, 0.4) is 0 Å². The summed E-state index contributed by atoms with van der Waals surface area (Å²) in [7, 11) is 3.19. The highest BCUT2D eigenvalue weighted by molar-refractivity contribution is 6.01. The highest BCUT2D eigenvalue weighted by Gasteiger charge is 2.25. The molecular formula is C18H25NO5. The number of ether oxygens (including phenoxy) is 3. The molecule has 0 aromatic heterocycles. The lowest BCUT2D eigenvalue weighted by molar-refractivity contribution is -0.155. The molecule has 0 saturated carbocycles. The van der Waals surface area contributed by atoms with Crippen LogP contribution in [0.15, 0.2) is 23.4 Å². The van der Waals surface area contributed by atoms with Gasteiger partial charge in [-0.2, -0.15) is 0 Å². The number of rotatable bonds is 6. The second-order valence-corrected chi connectivity index (χ2v) is 6.66. The van der Waals surface area contributed by atoms with Gasteiger partial charge in [-0.05, 0) is 45.4 Å². The predicted octanol–water partition coefficient (Wildman–Crippen LogP) is 3.32. The molecule has 2 rings (SSSR count). The summed E-state index contributed by atoms with van der Waals surface area (Å²) >= 11 is 0. The number of benzene rings is 1. The van der Waals surface area contributed by atoms with E-state index < -0.39 is 5.60 Å². The van der Waals surface area contributed by atoms with Crippen LogP contribution in [0.2, 0.25) is 0 Å². The van der Waals surface area contributed by atoms with Gasteiger partial charge in [0.15, 0.2) is 11.5 Å². The quantitative estimate of drug-likeness (QED) is 0.746. The third kappa shape index (κ3) is 4.88. The van der Waals surface area contributed by atoms with Gasteiger partial charge in [-0.3, -0.25) is 4.79 Å². The van der Waals surface area contributed by atoms with Crippen molar-refractivity contribution in [1.29, 1.82) is 0 Å². The van der Waals surface area contributed by atoms with Crippen molar-refractivity contribution >= 4 is 11.7 Å². The topological polar surface area (TPSA) is 66.4 Å². The molecule has 0 amide bonds. The molecule has 0 N–H and O–H groups in total. The van der Waals surface area contributed by atoms with Crippen molar-refractivity contribution < 1.29 is 23.8 Å². The van der Waals surface area contributed by atoms with Crippen LogP contribution in [0.25, 0.3) is 0 Å². The smallest absolute Gasteiger partial charge is 0.306 e. The summed E-state index contributed by atoms with van der Waals surface area (Å²) in [4.78, 5) is 17.2. The van der Waals surface area contributed by atoms with Crippen LogP contribution in [0, 0.1) is 0 Å². The monoisotopic (exact) mass is 335 g/mol. The van der Waals surface area contributed by atoms with E-state index in [1.54, 1.807) is 14.2 Å². The molecule has 6 heteroatoms. The van der Waals surface area contributed by atoms with Crippen molar-refractivity contribution in [3.63, 3.8) is 0 Å². The van der Waals surface area contributed by atoms with Crippen LogP contribution in [-0.2, 0) is 14.4 Å². The lowest BCUT2D eigenvalue weighted by atomic mass is 10.0. The highest BCUT2D eigenvalue weighted by Crippen LogP contribution is 2.30. The van der Waals surface area contributed by atoms with Crippen LogP contribution < -0.4 is 9.47 Å². The minimum absolute atomic E-state index is 0.111. The Balaban J connectivity index is 1.90. The molecule has 1 aliphatic rings. The molecule has 0 unspecified atom stereocenters. The molecule has 1 heterocycles. The van der Waals surface area contributed by atoms with E-state index in [1.165, 1.54) is 0 Å². The molecule has 1 aromatic carbocycles. The Bertz CT molecular complexity index is 618. The normalized spacial score (nSPS) is 17.0. The van der Waals surface area contributed by atoms with Crippen molar-refractivity contribution in [3.8, 4) is 11.5 Å². The van der Waals surface area contributed by atoms with Gasteiger partial charge in [-0.15, -0.1) is 0 Å². The zero-order chi connectivity index (χ0) is 17.7. The first-order valence-electron chi connectivity index (χ1n) is 7.99. The van der Waals surface area contributed by atoms with E-state index in [1.807, 2.05) is 39.0 Å². The summed E-state index contributed by atoms with van der Waals surface area (Å²) in [6, 6.07) is 5.63. The van der Waals surface area contributed by atoms with Gasteiger partial charge in [0.1, 0.15) is 11.7 Å². The molecular weight excluding hydrogens is 310 g/mol. The Morgan fingerprint density at radius 2 is 1.96 bits per heavy atom. The van der Waals surface area contributed by atoms with Gasteiger partial charge in [-0.25, -0.2) is 0 Å². The number of oxime groups is 1. The minimum atomic E-state index is -0.463. The van der Waals surface area contributed by atoms with E-state index in [9.17, 15) is 4.79 Å². The van der Waals surface area contributed by atoms with Gasteiger partial charge in [-0.1, -0.05) is 5.16 Å². The first-order chi connectivity index (χ1) is 11.3. The Morgan fingerprint density at radius 3 is 2.58 bits per heavy atom. The van der Waals surface area contributed by atoms with Crippen LogP contribution in [0.1, 0.15) is 45.6 Å². The number of nitrogens with zero attached hydrogens (tertiary/aromatic N) is 1. The second-order valence-electron chi connectivity index (χ2n) is 6.66. The Morgan fingerprint density at radius 1 is 1.25 bits per heavy atom. The summed E-state index contributed by atoms with van der Waals surface area (Å²) in [5.74, 6) is 1.10. The Hall–Kier alpha value is -2.24. The first kappa shape index (κ1) is 18.1. The number of methoxy groups -OCH3 is 2. The van der Waals surface area contributed by atoms with Crippen molar-refractivity contribution in [2.75, 3.05) is 14.2 Å². The lowest BCUT2D eigenvalue weighted by Crippen LogP contribution is -2.24. The zero-order valence-electron chi connectivity index (χ0n) is 14.9. The lowest BCUT2D eigenvalue weighted by Gasteiger charge is -2.19. The summed E-state index contributed by atoms with van der Waals surface area (Å²) in [6.07, 6.45) is 1.44. The summed E-state index contributed by atoms with van der Waals surface area (Å²) < 4.78 is 15.8. The van der Waals surface area contributed by atoms with Crippen molar-refractivity contribution in [2.45, 2.75) is 51.7 Å². The number of hydrogen-bond acceptors (Lipinski definition) is 6. The Kier molecular flexibility index (Phi) is 5.70. The molecule has 0 aliphatic carbocycles. The molecule has 0 radical (unpaired) electrons.